The summed E-state index contributed by atoms with van der Waals surface area (Å²) >= 11 is 0. The Morgan fingerprint density at radius 2 is 0.785 bits per heavy atom. The van der Waals surface area contributed by atoms with E-state index in [-0.39, 0.29) is 22.6 Å². The fourth-order valence-electron chi connectivity index (χ4n) is 7.88. The van der Waals surface area contributed by atoms with Gasteiger partial charge in [0.05, 0.1) is 51.2 Å². The third-order valence-electron chi connectivity index (χ3n) is 11.0. The smallest absolute Gasteiger partial charge is 0.657 e. The van der Waals surface area contributed by atoms with Crippen molar-refractivity contribution < 1.29 is 55.8 Å². The zero-order valence-electron chi connectivity index (χ0n) is 35.3. The van der Waals surface area contributed by atoms with Gasteiger partial charge in [0.1, 0.15) is 28.6 Å². The van der Waals surface area contributed by atoms with E-state index in [0.717, 1.165) is 33.9 Å². The Labute approximate surface area is 383 Å². The molecule has 0 unspecified atom stereocenters. The molecule has 0 saturated carbocycles. The van der Waals surface area contributed by atoms with E-state index in [1.54, 1.807) is 46.6 Å². The van der Waals surface area contributed by atoms with Crippen LogP contribution in [0.25, 0.3) is 97.0 Å². The Bertz CT molecular complexity index is 3220. The molecular formula is C52H38CuN4O8. The normalized spacial score (nSPS) is 11.4. The van der Waals surface area contributed by atoms with Crippen LogP contribution in [0.4, 0.5) is 0 Å². The Kier molecular flexibility index (Phi) is 12.3. The molecule has 4 aromatic carbocycles. The van der Waals surface area contributed by atoms with E-state index in [2.05, 4.69) is 0 Å². The van der Waals surface area contributed by atoms with E-state index >= 15 is 0 Å². The van der Waals surface area contributed by atoms with Gasteiger partial charge in [-0.25, -0.2) is 19.6 Å². The summed E-state index contributed by atoms with van der Waals surface area (Å²) in [6.07, 6.45) is 8.73. The third kappa shape index (κ3) is 8.41. The number of fused-ring (bicyclic) bond motifs is 8. The number of carboxylic acid groups (broad SMARTS) is 2. The van der Waals surface area contributed by atoms with Crippen LogP contribution < -0.4 is 28.9 Å². The third-order valence-corrected chi connectivity index (χ3v) is 11.0. The number of methoxy groups -OCH3 is 4. The number of ether oxygens (including phenoxy) is 4. The second-order valence-electron chi connectivity index (χ2n) is 14.7. The van der Waals surface area contributed by atoms with Crippen LogP contribution >= 0.6 is 0 Å². The molecule has 1 radical (unpaired) electrons. The molecule has 2 aliphatic heterocycles. The van der Waals surface area contributed by atoms with Gasteiger partial charge in [0.2, 0.25) is 0 Å². The summed E-state index contributed by atoms with van der Waals surface area (Å²) in [4.78, 5) is 46.1. The van der Waals surface area contributed by atoms with E-state index in [9.17, 15) is 19.8 Å². The van der Waals surface area contributed by atoms with Gasteiger partial charge in [0.25, 0.3) is 0 Å². The van der Waals surface area contributed by atoms with Crippen molar-refractivity contribution >= 4 is 64.4 Å². The maximum absolute atomic E-state index is 12.5. The number of nitrogens with zero attached hydrogens (tertiary/aromatic N) is 4. The Hall–Kier alpha value is -8.12. The zero-order chi connectivity index (χ0) is 44.5. The van der Waals surface area contributed by atoms with E-state index in [4.69, 9.17) is 38.9 Å². The minimum atomic E-state index is -1.61. The molecule has 12 nitrogen and oxygen atoms in total. The summed E-state index contributed by atoms with van der Waals surface area (Å²) < 4.78 is 22.0. The fraction of sp³-hybridized carbons (Fsp3) is 0.0769. The number of aliphatic carboxylic acids is 2. The summed E-state index contributed by atoms with van der Waals surface area (Å²) in [5.41, 5.74) is 9.31. The number of carboxylic acids is 2. The van der Waals surface area contributed by atoms with E-state index < -0.39 is 17.5 Å². The molecule has 0 atom stereocenters. The van der Waals surface area contributed by atoms with Crippen LogP contribution in [0, 0.1) is 0 Å². The number of hydrogen-bond donors (Lipinski definition) is 2. The topological polar surface area (TPSA) is 166 Å². The molecule has 3 aromatic heterocycles. The first-order chi connectivity index (χ1) is 31.2. The van der Waals surface area contributed by atoms with E-state index in [0.29, 0.717) is 84.5 Å². The summed E-state index contributed by atoms with van der Waals surface area (Å²) in [6.45, 7) is 0. The van der Waals surface area contributed by atoms with Crippen molar-refractivity contribution in [2.24, 2.45) is 0 Å². The number of hydrogen-bond acceptors (Lipinski definition) is 8. The van der Waals surface area contributed by atoms with Crippen LogP contribution in [0.3, 0.4) is 0 Å². The molecule has 13 heteroatoms. The number of rotatable bonds is 11. The largest absolute Gasteiger partial charge is 2.00 e. The molecule has 325 valence electrons. The van der Waals surface area contributed by atoms with Crippen molar-refractivity contribution in [1.29, 1.82) is 0 Å². The van der Waals surface area contributed by atoms with Gasteiger partial charge in [-0.2, -0.15) is 0 Å². The molecule has 65 heavy (non-hydrogen) atoms. The second kappa shape index (κ2) is 18.3. The average molecular weight is 910 g/mol. The molecule has 2 N–H and O–H groups in total. The minimum absolute atomic E-state index is 0. The van der Waals surface area contributed by atoms with Gasteiger partial charge >= 0.3 is 29.0 Å². The van der Waals surface area contributed by atoms with Gasteiger partial charge in [0, 0.05) is 0 Å². The number of carbonyl (C=O) groups is 2. The summed E-state index contributed by atoms with van der Waals surface area (Å²) in [5, 5.41) is 20.3. The van der Waals surface area contributed by atoms with Crippen LogP contribution in [0.15, 0.2) is 121 Å². The Morgan fingerprint density at radius 3 is 1.12 bits per heavy atom. The van der Waals surface area contributed by atoms with Crippen LogP contribution in [-0.4, -0.2) is 60.6 Å². The predicted octanol–water partition coefficient (Wildman–Crippen LogP) is 10.2. The zero-order valence-corrected chi connectivity index (χ0v) is 36.2. The van der Waals surface area contributed by atoms with Crippen LogP contribution in [-0.2, 0) is 26.7 Å². The monoisotopic (exact) mass is 909 g/mol. The average Bonchev–Trinajstić information content (AvgIpc) is 4.17. The predicted molar refractivity (Wildman–Crippen MR) is 248 cm³/mol. The van der Waals surface area contributed by atoms with Crippen LogP contribution in [0.1, 0.15) is 28.3 Å². The van der Waals surface area contributed by atoms with Crippen molar-refractivity contribution in [3.05, 3.63) is 149 Å². The summed E-state index contributed by atoms with van der Waals surface area (Å²) in [6, 6.07) is 35.7. The molecule has 0 fully saturated rings. The maximum atomic E-state index is 12.5. The summed E-state index contributed by atoms with van der Waals surface area (Å²) in [7, 11) is 6.39. The molecule has 0 aliphatic carbocycles. The fourth-order valence-corrected chi connectivity index (χ4v) is 7.88. The molecule has 2 aliphatic rings. The Balaban J connectivity index is 0.00000576. The molecule has 7 aromatic rings. The van der Waals surface area contributed by atoms with Crippen molar-refractivity contribution in [3.8, 4) is 67.5 Å². The van der Waals surface area contributed by atoms with Gasteiger partial charge in [-0.15, -0.1) is 22.1 Å². The quantitative estimate of drug-likeness (QED) is 0.0547. The second-order valence-corrected chi connectivity index (χ2v) is 14.7. The van der Waals surface area contributed by atoms with Gasteiger partial charge in [0.15, 0.2) is 0 Å². The van der Waals surface area contributed by atoms with Crippen LogP contribution in [0.5, 0.6) is 23.0 Å². The summed E-state index contributed by atoms with van der Waals surface area (Å²) in [5.74, 6) is -0.606. The van der Waals surface area contributed by atoms with E-state index in [1.165, 1.54) is 0 Å². The molecule has 5 heterocycles. The molecule has 0 saturated heterocycles. The SMILES string of the molecule is COc1ccc(-c2c3nc(c(-c4ccc(OC)cc4)c4cc(C=C(C(=O)O)C(=O)O)c([n-]4)c(-c4ccc(OC)cc4)c4nc(c(-c5ccc(OC)cc5)c5ccc2[n-]5)C=C4)C=C3)cc1.[Cu+2]. The van der Waals surface area contributed by atoms with Crippen molar-refractivity contribution in [1.82, 2.24) is 19.9 Å². The maximum Gasteiger partial charge on any atom is 2.00 e. The number of aromatic nitrogens is 4. The van der Waals surface area contributed by atoms with E-state index in [1.807, 2.05) is 121 Å². The van der Waals surface area contributed by atoms with Crippen molar-refractivity contribution in [3.63, 3.8) is 0 Å². The molecule has 8 bridgehead atoms. The van der Waals surface area contributed by atoms with Gasteiger partial charge in [-0.3, -0.25) is 0 Å². The molecule has 0 spiro atoms. The van der Waals surface area contributed by atoms with Crippen LogP contribution in [0.2, 0.25) is 0 Å². The first kappa shape index (κ1) is 43.5. The standard InChI is InChI=1S/C52H40N4O8.Cu/c1-61-34-13-5-29(6-14-34)46-39-21-22-40(53-39)47(30-7-15-35(62-2)16-8-30)42-25-26-44(55-42)49(32-11-19-37(64-4)20-12-32)50-33(27-38(51(57)58)52(59)60)28-45(56-50)48(43-24-23-41(46)54-43)31-9-17-36(63-3)18-10-31;/h5-28H,1-4H3,(H4,53,54,55,56,57,58,59,60);/q;+2/p-2. The number of benzene rings is 4. The van der Waals surface area contributed by atoms with Crippen molar-refractivity contribution in [2.45, 2.75) is 0 Å². The molecule has 9 rings (SSSR count). The first-order valence-electron chi connectivity index (χ1n) is 20.0. The van der Waals surface area contributed by atoms with Crippen molar-refractivity contribution in [2.75, 3.05) is 28.4 Å². The Morgan fingerprint density at radius 1 is 0.462 bits per heavy atom. The van der Waals surface area contributed by atoms with Gasteiger partial charge in [-0.1, -0.05) is 66.7 Å². The first-order valence-corrected chi connectivity index (χ1v) is 20.0. The molecule has 0 amide bonds. The van der Waals surface area contributed by atoms with Gasteiger partial charge in [-0.05, 0) is 129 Å². The van der Waals surface area contributed by atoms with Gasteiger partial charge < -0.3 is 39.1 Å². The molecular weight excluding hydrogens is 872 g/mol. The minimum Gasteiger partial charge on any atom is -0.657 e.